The summed E-state index contributed by atoms with van der Waals surface area (Å²) in [5, 5.41) is 6.45. The summed E-state index contributed by atoms with van der Waals surface area (Å²) in [5.74, 6) is 0.208. The molecular formula is C23H23FN4O. The number of anilines is 1. The highest BCUT2D eigenvalue weighted by Gasteiger charge is 2.25. The topological polar surface area (TPSA) is 57.3 Å². The summed E-state index contributed by atoms with van der Waals surface area (Å²) in [6, 6.07) is 20.1. The lowest BCUT2D eigenvalue weighted by atomic mass is 10.0. The summed E-state index contributed by atoms with van der Waals surface area (Å²) in [4.78, 5) is 19.5. The van der Waals surface area contributed by atoms with Gasteiger partial charge in [0.1, 0.15) is 11.6 Å². The number of piperazine rings is 1. The van der Waals surface area contributed by atoms with Gasteiger partial charge in [0.25, 0.3) is 5.91 Å². The second-order valence-corrected chi connectivity index (χ2v) is 7.05. The van der Waals surface area contributed by atoms with E-state index in [0.29, 0.717) is 17.9 Å². The first kappa shape index (κ1) is 19.1. The third-order valence-corrected chi connectivity index (χ3v) is 5.07. The molecule has 1 saturated heterocycles. The van der Waals surface area contributed by atoms with Gasteiger partial charge in [-0.15, -0.1) is 0 Å². The van der Waals surface area contributed by atoms with Crippen molar-refractivity contribution < 1.29 is 9.18 Å². The average molecular weight is 390 g/mol. The van der Waals surface area contributed by atoms with Gasteiger partial charge < -0.3 is 15.5 Å². The number of pyridine rings is 1. The maximum absolute atomic E-state index is 13.1. The zero-order valence-corrected chi connectivity index (χ0v) is 16.0. The number of nitrogens with one attached hydrogen (secondary N) is 2. The molecule has 1 unspecified atom stereocenters. The summed E-state index contributed by atoms with van der Waals surface area (Å²) >= 11 is 0. The molecule has 29 heavy (non-hydrogen) atoms. The lowest BCUT2D eigenvalue weighted by Crippen LogP contribution is -2.46. The van der Waals surface area contributed by atoms with Gasteiger partial charge in [-0.3, -0.25) is 4.79 Å². The molecule has 0 aliphatic carbocycles. The quantitative estimate of drug-likeness (QED) is 0.702. The number of hydrogen-bond acceptors (Lipinski definition) is 4. The standard InChI is InChI=1S/C23H23FN4O/c24-19-10-8-17(9-11-19)15-27-23(29)20-7-4-12-26-22(20)28-14-13-25-21(16-28)18-5-2-1-3-6-18/h1-12,21,25H,13-16H2,(H,27,29). The fourth-order valence-corrected chi connectivity index (χ4v) is 3.56. The minimum absolute atomic E-state index is 0.182. The molecule has 1 fully saturated rings. The number of benzene rings is 2. The fraction of sp³-hybridized carbons (Fsp3) is 0.217. The van der Waals surface area contributed by atoms with Crippen molar-refractivity contribution in [2.45, 2.75) is 12.6 Å². The van der Waals surface area contributed by atoms with Crippen LogP contribution < -0.4 is 15.5 Å². The van der Waals surface area contributed by atoms with E-state index in [1.165, 1.54) is 17.7 Å². The highest BCUT2D eigenvalue weighted by Crippen LogP contribution is 2.24. The Hall–Kier alpha value is -3.25. The van der Waals surface area contributed by atoms with Crippen LogP contribution in [-0.4, -0.2) is 30.5 Å². The third-order valence-electron chi connectivity index (χ3n) is 5.07. The van der Waals surface area contributed by atoms with Crippen LogP contribution in [-0.2, 0) is 6.54 Å². The monoisotopic (exact) mass is 390 g/mol. The molecular weight excluding hydrogens is 367 g/mol. The average Bonchev–Trinajstić information content (AvgIpc) is 2.79. The number of carbonyl (C=O) groups excluding carboxylic acids is 1. The van der Waals surface area contributed by atoms with Crippen LogP contribution >= 0.6 is 0 Å². The summed E-state index contributed by atoms with van der Waals surface area (Å²) in [5.41, 5.74) is 2.61. The van der Waals surface area contributed by atoms with Crippen LogP contribution in [0, 0.1) is 5.82 Å². The van der Waals surface area contributed by atoms with Gasteiger partial charge in [-0.1, -0.05) is 42.5 Å². The smallest absolute Gasteiger partial charge is 0.255 e. The lowest BCUT2D eigenvalue weighted by Gasteiger charge is -2.35. The van der Waals surface area contributed by atoms with E-state index in [1.807, 2.05) is 18.2 Å². The molecule has 4 rings (SSSR count). The van der Waals surface area contributed by atoms with E-state index in [2.05, 4.69) is 32.7 Å². The van der Waals surface area contributed by atoms with Crippen LogP contribution in [0.1, 0.15) is 27.5 Å². The van der Waals surface area contributed by atoms with Crippen LogP contribution in [0.25, 0.3) is 0 Å². The molecule has 2 N–H and O–H groups in total. The summed E-state index contributed by atoms with van der Waals surface area (Å²) < 4.78 is 13.1. The number of hydrogen-bond donors (Lipinski definition) is 2. The minimum Gasteiger partial charge on any atom is -0.353 e. The van der Waals surface area contributed by atoms with Crippen molar-refractivity contribution in [1.29, 1.82) is 0 Å². The van der Waals surface area contributed by atoms with Crippen LogP contribution in [0.3, 0.4) is 0 Å². The molecule has 148 valence electrons. The zero-order valence-electron chi connectivity index (χ0n) is 16.0. The normalized spacial score (nSPS) is 16.4. The van der Waals surface area contributed by atoms with Crippen molar-refractivity contribution in [3.63, 3.8) is 0 Å². The van der Waals surface area contributed by atoms with Gasteiger partial charge in [-0.25, -0.2) is 9.37 Å². The first-order valence-electron chi connectivity index (χ1n) is 9.71. The predicted octanol–water partition coefficient (Wildman–Crippen LogP) is 3.30. The maximum Gasteiger partial charge on any atom is 0.255 e. The SMILES string of the molecule is O=C(NCc1ccc(F)cc1)c1cccnc1N1CCNC(c2ccccc2)C1. The molecule has 0 saturated carbocycles. The number of carbonyl (C=O) groups is 1. The molecule has 6 heteroatoms. The van der Waals surface area contributed by atoms with E-state index in [4.69, 9.17) is 0 Å². The third kappa shape index (κ3) is 4.60. The van der Waals surface area contributed by atoms with E-state index in [0.717, 1.165) is 25.2 Å². The Balaban J connectivity index is 1.48. The van der Waals surface area contributed by atoms with Crippen molar-refractivity contribution in [2.24, 2.45) is 0 Å². The van der Waals surface area contributed by atoms with Gasteiger partial charge in [0.05, 0.1) is 5.56 Å². The van der Waals surface area contributed by atoms with E-state index in [9.17, 15) is 9.18 Å². The fourth-order valence-electron chi connectivity index (χ4n) is 3.56. The zero-order chi connectivity index (χ0) is 20.1. The molecule has 1 aromatic heterocycles. The number of halogens is 1. The summed E-state index contributed by atoms with van der Waals surface area (Å²) in [7, 11) is 0. The largest absolute Gasteiger partial charge is 0.353 e. The minimum atomic E-state index is -0.290. The molecule has 1 atom stereocenters. The highest BCUT2D eigenvalue weighted by atomic mass is 19.1. The number of nitrogens with zero attached hydrogens (tertiary/aromatic N) is 2. The van der Waals surface area contributed by atoms with E-state index in [-0.39, 0.29) is 17.8 Å². The molecule has 2 aromatic carbocycles. The van der Waals surface area contributed by atoms with Crippen LogP contribution in [0.2, 0.25) is 0 Å². The van der Waals surface area contributed by atoms with Gasteiger partial charge in [-0.2, -0.15) is 0 Å². The lowest BCUT2D eigenvalue weighted by molar-refractivity contribution is 0.0951. The predicted molar refractivity (Wildman–Crippen MR) is 111 cm³/mol. The van der Waals surface area contributed by atoms with Crippen molar-refractivity contribution in [1.82, 2.24) is 15.6 Å². The first-order chi connectivity index (χ1) is 14.2. The molecule has 0 bridgehead atoms. The maximum atomic E-state index is 13.1. The second kappa shape index (κ2) is 8.84. The Morgan fingerprint density at radius 2 is 1.90 bits per heavy atom. The van der Waals surface area contributed by atoms with Gasteiger partial charge in [0.15, 0.2) is 0 Å². The first-order valence-corrected chi connectivity index (χ1v) is 9.71. The molecule has 1 aliphatic rings. The van der Waals surface area contributed by atoms with Crippen molar-refractivity contribution in [3.05, 3.63) is 95.4 Å². The van der Waals surface area contributed by atoms with Gasteiger partial charge in [-0.05, 0) is 35.4 Å². The van der Waals surface area contributed by atoms with Gasteiger partial charge in [0.2, 0.25) is 0 Å². The Labute approximate surface area is 169 Å². The van der Waals surface area contributed by atoms with E-state index < -0.39 is 0 Å². The Morgan fingerprint density at radius 3 is 2.69 bits per heavy atom. The van der Waals surface area contributed by atoms with Crippen molar-refractivity contribution >= 4 is 11.7 Å². The molecule has 0 radical (unpaired) electrons. The Bertz CT molecular complexity index is 962. The summed E-state index contributed by atoms with van der Waals surface area (Å²) in [6.45, 7) is 2.66. The van der Waals surface area contributed by atoms with Crippen LogP contribution in [0.4, 0.5) is 10.2 Å². The van der Waals surface area contributed by atoms with Gasteiger partial charge in [0, 0.05) is 38.4 Å². The molecule has 1 amide bonds. The van der Waals surface area contributed by atoms with E-state index in [1.54, 1.807) is 30.5 Å². The number of amides is 1. The Morgan fingerprint density at radius 1 is 1.10 bits per heavy atom. The molecule has 2 heterocycles. The van der Waals surface area contributed by atoms with Crippen molar-refractivity contribution in [2.75, 3.05) is 24.5 Å². The highest BCUT2D eigenvalue weighted by molar-refractivity contribution is 5.98. The molecule has 1 aliphatic heterocycles. The Kier molecular flexibility index (Phi) is 5.81. The van der Waals surface area contributed by atoms with Crippen molar-refractivity contribution in [3.8, 4) is 0 Å². The summed E-state index contributed by atoms with van der Waals surface area (Å²) in [6.07, 6.45) is 1.71. The van der Waals surface area contributed by atoms with Gasteiger partial charge >= 0.3 is 0 Å². The van der Waals surface area contributed by atoms with Crippen LogP contribution in [0.5, 0.6) is 0 Å². The molecule has 3 aromatic rings. The number of aromatic nitrogens is 1. The number of rotatable bonds is 5. The van der Waals surface area contributed by atoms with Crippen LogP contribution in [0.15, 0.2) is 72.9 Å². The molecule has 5 nitrogen and oxygen atoms in total. The second-order valence-electron chi connectivity index (χ2n) is 7.05. The van der Waals surface area contributed by atoms with E-state index >= 15 is 0 Å². The molecule has 0 spiro atoms.